The SMILES string of the molecule is CCN(CC)c1ccc(C(=O)c2ccccc2C(=O)Nc2ccc(C(=O)NC)cc2)c(O)c1. The van der Waals surface area contributed by atoms with Crippen molar-refractivity contribution >= 4 is 29.0 Å². The van der Waals surface area contributed by atoms with E-state index < -0.39 is 11.7 Å². The molecule has 0 radical (unpaired) electrons. The molecule has 0 aliphatic carbocycles. The van der Waals surface area contributed by atoms with Gasteiger partial charge in [-0.3, -0.25) is 14.4 Å². The summed E-state index contributed by atoms with van der Waals surface area (Å²) in [6.07, 6.45) is 0. The van der Waals surface area contributed by atoms with E-state index in [9.17, 15) is 19.5 Å². The van der Waals surface area contributed by atoms with Crippen LogP contribution < -0.4 is 15.5 Å². The molecule has 3 aromatic rings. The van der Waals surface area contributed by atoms with Crippen LogP contribution in [0.15, 0.2) is 66.7 Å². The van der Waals surface area contributed by atoms with Gasteiger partial charge in [-0.25, -0.2) is 0 Å². The van der Waals surface area contributed by atoms with E-state index in [0.29, 0.717) is 11.3 Å². The fourth-order valence-electron chi connectivity index (χ4n) is 3.57. The quantitative estimate of drug-likeness (QED) is 0.454. The molecule has 0 fully saturated rings. The number of nitrogens with zero attached hydrogens (tertiary/aromatic N) is 1. The molecule has 3 aromatic carbocycles. The smallest absolute Gasteiger partial charge is 0.256 e. The van der Waals surface area contributed by atoms with Crippen molar-refractivity contribution in [2.45, 2.75) is 13.8 Å². The molecule has 2 amide bonds. The Kier molecular flexibility index (Phi) is 7.46. The molecule has 3 rings (SSSR count). The Morgan fingerprint density at radius 2 is 1.45 bits per heavy atom. The maximum Gasteiger partial charge on any atom is 0.256 e. The van der Waals surface area contributed by atoms with Crippen molar-refractivity contribution in [3.63, 3.8) is 0 Å². The van der Waals surface area contributed by atoms with E-state index in [1.165, 1.54) is 0 Å². The second-order valence-electron chi connectivity index (χ2n) is 7.36. The highest BCUT2D eigenvalue weighted by molar-refractivity contribution is 6.18. The molecule has 0 aliphatic heterocycles. The molecule has 0 spiro atoms. The number of rotatable bonds is 8. The van der Waals surface area contributed by atoms with Crippen molar-refractivity contribution in [1.82, 2.24) is 5.32 Å². The Labute approximate surface area is 193 Å². The van der Waals surface area contributed by atoms with E-state index in [1.807, 2.05) is 13.8 Å². The van der Waals surface area contributed by atoms with Crippen LogP contribution in [0.4, 0.5) is 11.4 Å². The van der Waals surface area contributed by atoms with Gasteiger partial charge in [0.15, 0.2) is 5.78 Å². The zero-order valence-corrected chi connectivity index (χ0v) is 18.9. The van der Waals surface area contributed by atoms with Crippen molar-refractivity contribution < 1.29 is 19.5 Å². The van der Waals surface area contributed by atoms with Gasteiger partial charge in [0.1, 0.15) is 5.75 Å². The number of nitrogens with one attached hydrogen (secondary N) is 2. The molecular weight excluding hydrogens is 418 g/mol. The van der Waals surface area contributed by atoms with Gasteiger partial charge in [0, 0.05) is 48.7 Å². The van der Waals surface area contributed by atoms with E-state index in [-0.39, 0.29) is 28.3 Å². The Hall–Kier alpha value is -4.13. The highest BCUT2D eigenvalue weighted by Crippen LogP contribution is 2.28. The third-order valence-electron chi connectivity index (χ3n) is 5.40. The highest BCUT2D eigenvalue weighted by atomic mass is 16.3. The van der Waals surface area contributed by atoms with Gasteiger partial charge in [-0.1, -0.05) is 18.2 Å². The van der Waals surface area contributed by atoms with Gasteiger partial charge < -0.3 is 20.6 Å². The van der Waals surface area contributed by atoms with Gasteiger partial charge in [0.05, 0.1) is 11.1 Å². The molecule has 7 heteroatoms. The predicted molar refractivity (Wildman–Crippen MR) is 129 cm³/mol. The lowest BCUT2D eigenvalue weighted by Gasteiger charge is -2.21. The Bertz CT molecular complexity index is 1170. The number of phenols is 1. The van der Waals surface area contributed by atoms with Crippen LogP contribution in [0.3, 0.4) is 0 Å². The van der Waals surface area contributed by atoms with Crippen molar-refractivity contribution in [2.24, 2.45) is 0 Å². The number of aromatic hydroxyl groups is 1. The van der Waals surface area contributed by atoms with E-state index in [0.717, 1.165) is 18.8 Å². The molecule has 0 atom stereocenters. The van der Waals surface area contributed by atoms with Crippen molar-refractivity contribution in [2.75, 3.05) is 30.4 Å². The Morgan fingerprint density at radius 3 is 2.03 bits per heavy atom. The molecule has 33 heavy (non-hydrogen) atoms. The van der Waals surface area contributed by atoms with Crippen LogP contribution in [0.2, 0.25) is 0 Å². The van der Waals surface area contributed by atoms with Gasteiger partial charge >= 0.3 is 0 Å². The minimum atomic E-state index is -0.467. The van der Waals surface area contributed by atoms with E-state index in [1.54, 1.807) is 73.8 Å². The predicted octanol–water partition coefficient (Wildman–Crippen LogP) is 4.08. The summed E-state index contributed by atoms with van der Waals surface area (Å²) in [6.45, 7) is 5.58. The van der Waals surface area contributed by atoms with Crippen LogP contribution in [-0.2, 0) is 0 Å². The van der Waals surface area contributed by atoms with E-state index in [2.05, 4.69) is 15.5 Å². The number of anilines is 2. The van der Waals surface area contributed by atoms with Gasteiger partial charge in [0.25, 0.3) is 11.8 Å². The van der Waals surface area contributed by atoms with Gasteiger partial charge in [0.2, 0.25) is 0 Å². The zero-order valence-electron chi connectivity index (χ0n) is 18.9. The fraction of sp³-hybridized carbons (Fsp3) is 0.192. The maximum absolute atomic E-state index is 13.2. The lowest BCUT2D eigenvalue weighted by Crippen LogP contribution is -2.22. The first kappa shape index (κ1) is 23.5. The summed E-state index contributed by atoms with van der Waals surface area (Å²) in [6, 6.07) is 17.8. The normalized spacial score (nSPS) is 10.4. The number of phenolic OH excluding ortho intramolecular Hbond substituents is 1. The summed E-state index contributed by atoms with van der Waals surface area (Å²) < 4.78 is 0. The fourth-order valence-corrected chi connectivity index (χ4v) is 3.57. The molecular formula is C26H27N3O4. The molecule has 170 valence electrons. The first-order valence-electron chi connectivity index (χ1n) is 10.7. The highest BCUT2D eigenvalue weighted by Gasteiger charge is 2.21. The van der Waals surface area contributed by atoms with Crippen LogP contribution in [0, 0.1) is 0 Å². The van der Waals surface area contributed by atoms with Gasteiger partial charge in [-0.05, 0) is 56.3 Å². The number of ketones is 1. The summed E-state index contributed by atoms with van der Waals surface area (Å²) in [7, 11) is 1.54. The monoisotopic (exact) mass is 445 g/mol. The van der Waals surface area contributed by atoms with Crippen molar-refractivity contribution in [3.05, 3.63) is 89.0 Å². The summed E-state index contributed by atoms with van der Waals surface area (Å²) in [5.41, 5.74) is 2.27. The number of carbonyl (C=O) groups excluding carboxylic acids is 3. The molecule has 0 saturated carbocycles. The number of hydrogen-bond acceptors (Lipinski definition) is 5. The van der Waals surface area contributed by atoms with Crippen LogP contribution in [-0.4, -0.2) is 42.8 Å². The van der Waals surface area contributed by atoms with Crippen LogP contribution in [0.25, 0.3) is 0 Å². The largest absolute Gasteiger partial charge is 0.507 e. The standard InChI is InChI=1S/C26H27N3O4/c1-4-29(5-2)19-14-15-22(23(30)16-19)24(31)20-8-6-7-9-21(20)26(33)28-18-12-10-17(11-13-18)25(32)27-3/h6-16,30H,4-5H2,1-3H3,(H,27,32)(H,28,33). The van der Waals surface area contributed by atoms with E-state index >= 15 is 0 Å². The number of hydrogen-bond donors (Lipinski definition) is 3. The number of benzene rings is 3. The number of carbonyl (C=O) groups is 3. The van der Waals surface area contributed by atoms with Gasteiger partial charge in [-0.2, -0.15) is 0 Å². The van der Waals surface area contributed by atoms with Crippen molar-refractivity contribution in [3.8, 4) is 5.75 Å². The average molecular weight is 446 g/mol. The summed E-state index contributed by atoms with van der Waals surface area (Å²) in [5, 5.41) is 15.8. The second-order valence-corrected chi connectivity index (χ2v) is 7.36. The molecule has 0 heterocycles. The van der Waals surface area contributed by atoms with Crippen LogP contribution in [0.5, 0.6) is 5.75 Å². The van der Waals surface area contributed by atoms with Crippen LogP contribution >= 0.6 is 0 Å². The average Bonchev–Trinajstić information content (AvgIpc) is 2.84. The Morgan fingerprint density at radius 1 is 0.818 bits per heavy atom. The topological polar surface area (TPSA) is 98.7 Å². The van der Waals surface area contributed by atoms with Crippen molar-refractivity contribution in [1.29, 1.82) is 0 Å². The van der Waals surface area contributed by atoms with Gasteiger partial charge in [-0.15, -0.1) is 0 Å². The summed E-state index contributed by atoms with van der Waals surface area (Å²) in [4.78, 5) is 39.9. The molecule has 0 aromatic heterocycles. The molecule has 0 saturated heterocycles. The lowest BCUT2D eigenvalue weighted by molar-refractivity contribution is 0.0962. The molecule has 3 N–H and O–H groups in total. The summed E-state index contributed by atoms with van der Waals surface area (Å²) in [5.74, 6) is -1.27. The molecule has 7 nitrogen and oxygen atoms in total. The third kappa shape index (κ3) is 5.20. The van der Waals surface area contributed by atoms with Crippen LogP contribution in [0.1, 0.15) is 50.5 Å². The minimum absolute atomic E-state index is 0.126. The number of amides is 2. The lowest BCUT2D eigenvalue weighted by atomic mass is 9.97. The minimum Gasteiger partial charge on any atom is -0.507 e. The zero-order chi connectivity index (χ0) is 24.0. The first-order valence-corrected chi connectivity index (χ1v) is 10.7. The molecule has 0 aliphatic rings. The van der Waals surface area contributed by atoms with E-state index in [4.69, 9.17) is 0 Å². The molecule has 0 bridgehead atoms. The first-order chi connectivity index (χ1) is 15.9. The Balaban J connectivity index is 1.86. The maximum atomic E-state index is 13.2. The second kappa shape index (κ2) is 10.5. The molecule has 0 unspecified atom stereocenters. The third-order valence-corrected chi connectivity index (χ3v) is 5.40. The summed E-state index contributed by atoms with van der Waals surface area (Å²) >= 11 is 0.